The highest BCUT2D eigenvalue weighted by Crippen LogP contribution is 2.23. The minimum Gasteiger partial charge on any atom is -0.491 e. The molecule has 1 aromatic carbocycles. The smallest absolute Gasteiger partial charge is 0.125 e. The molecule has 1 heterocycles. The van der Waals surface area contributed by atoms with Crippen LogP contribution in [0.15, 0.2) is 30.6 Å². The average Bonchev–Trinajstić information content (AvgIpc) is 2.79. The Morgan fingerprint density at radius 3 is 2.84 bits per heavy atom. The van der Waals surface area contributed by atoms with Gasteiger partial charge in [-0.1, -0.05) is 18.2 Å². The second-order valence-electron chi connectivity index (χ2n) is 4.62. The number of rotatable bonds is 6. The summed E-state index contributed by atoms with van der Waals surface area (Å²) in [4.78, 5) is 4.20. The van der Waals surface area contributed by atoms with Gasteiger partial charge in [-0.25, -0.2) is 4.98 Å². The number of hydrogen-bond acceptors (Lipinski definition) is 3. The number of benzene rings is 1. The van der Waals surface area contributed by atoms with Crippen molar-refractivity contribution >= 4 is 0 Å². The molecule has 0 unspecified atom stereocenters. The Hall–Kier alpha value is -1.81. The van der Waals surface area contributed by atoms with Crippen LogP contribution in [-0.2, 0) is 13.0 Å². The quantitative estimate of drug-likeness (QED) is 0.864. The lowest BCUT2D eigenvalue weighted by Crippen LogP contribution is -2.11. The van der Waals surface area contributed by atoms with Gasteiger partial charge in [0.2, 0.25) is 0 Å². The molecular formula is C15H21N3O. The number of imidazole rings is 1. The number of para-hydroxylation sites is 1. The average molecular weight is 259 g/mol. The minimum atomic E-state index is 0.639. The first-order chi connectivity index (χ1) is 9.22. The van der Waals surface area contributed by atoms with E-state index in [4.69, 9.17) is 10.5 Å². The molecule has 0 fully saturated rings. The monoisotopic (exact) mass is 259 g/mol. The van der Waals surface area contributed by atoms with Crippen molar-refractivity contribution in [2.75, 3.05) is 13.2 Å². The van der Waals surface area contributed by atoms with Crippen LogP contribution < -0.4 is 10.5 Å². The first-order valence-corrected chi connectivity index (χ1v) is 6.61. The Morgan fingerprint density at radius 1 is 1.32 bits per heavy atom. The highest BCUT2D eigenvalue weighted by Gasteiger charge is 2.06. The summed E-state index contributed by atoms with van der Waals surface area (Å²) < 4.78 is 8.03. The molecule has 0 spiro atoms. The van der Waals surface area contributed by atoms with Crippen LogP contribution in [0.4, 0.5) is 0 Å². The maximum Gasteiger partial charge on any atom is 0.125 e. The number of aromatic nitrogens is 2. The van der Waals surface area contributed by atoms with Crippen molar-refractivity contribution < 1.29 is 4.74 Å². The standard InChI is InChI=1S/C15H21N3O/c1-12-4-3-5-14(6-7-16)15(12)19-11-10-18-9-8-17-13(18)2/h3-5,8-9H,6-7,10-11,16H2,1-2H3. The van der Waals surface area contributed by atoms with Gasteiger partial charge >= 0.3 is 0 Å². The van der Waals surface area contributed by atoms with E-state index in [1.807, 2.05) is 25.4 Å². The van der Waals surface area contributed by atoms with E-state index in [9.17, 15) is 0 Å². The molecule has 2 aromatic rings. The molecule has 2 rings (SSSR count). The van der Waals surface area contributed by atoms with Gasteiger partial charge in [0.15, 0.2) is 0 Å². The Morgan fingerprint density at radius 2 is 2.16 bits per heavy atom. The molecule has 0 aliphatic rings. The molecule has 4 nitrogen and oxygen atoms in total. The first kappa shape index (κ1) is 13.6. The third-order valence-corrected chi connectivity index (χ3v) is 3.21. The zero-order valence-corrected chi connectivity index (χ0v) is 11.6. The van der Waals surface area contributed by atoms with Gasteiger partial charge in [0.25, 0.3) is 0 Å². The fourth-order valence-corrected chi connectivity index (χ4v) is 2.16. The van der Waals surface area contributed by atoms with E-state index in [1.54, 1.807) is 0 Å². The van der Waals surface area contributed by atoms with Gasteiger partial charge in [-0.05, 0) is 37.9 Å². The highest BCUT2D eigenvalue weighted by atomic mass is 16.5. The lowest BCUT2D eigenvalue weighted by Gasteiger charge is -2.14. The van der Waals surface area contributed by atoms with E-state index in [2.05, 4.69) is 28.6 Å². The molecule has 0 aliphatic heterocycles. The Bertz CT molecular complexity index is 534. The van der Waals surface area contributed by atoms with Crippen molar-refractivity contribution in [2.45, 2.75) is 26.8 Å². The van der Waals surface area contributed by atoms with Crippen LogP contribution in [-0.4, -0.2) is 22.7 Å². The van der Waals surface area contributed by atoms with E-state index >= 15 is 0 Å². The van der Waals surface area contributed by atoms with Crippen molar-refractivity contribution in [1.82, 2.24) is 9.55 Å². The molecule has 0 amide bonds. The van der Waals surface area contributed by atoms with E-state index in [0.29, 0.717) is 13.2 Å². The lowest BCUT2D eigenvalue weighted by molar-refractivity contribution is 0.292. The zero-order chi connectivity index (χ0) is 13.7. The SMILES string of the molecule is Cc1cccc(CCN)c1OCCn1ccnc1C. The molecule has 19 heavy (non-hydrogen) atoms. The van der Waals surface area contributed by atoms with Gasteiger partial charge in [0.05, 0.1) is 6.54 Å². The van der Waals surface area contributed by atoms with E-state index in [1.165, 1.54) is 5.56 Å². The Kier molecular flexibility index (Phi) is 4.58. The molecule has 0 aliphatic carbocycles. The summed E-state index contributed by atoms with van der Waals surface area (Å²) in [5.41, 5.74) is 7.98. The second kappa shape index (κ2) is 6.38. The van der Waals surface area contributed by atoms with E-state index in [-0.39, 0.29) is 0 Å². The number of aryl methyl sites for hydroxylation is 2. The summed E-state index contributed by atoms with van der Waals surface area (Å²) >= 11 is 0. The summed E-state index contributed by atoms with van der Waals surface area (Å²) in [6, 6.07) is 6.20. The van der Waals surface area contributed by atoms with Gasteiger partial charge in [0.1, 0.15) is 18.2 Å². The van der Waals surface area contributed by atoms with Crippen molar-refractivity contribution in [3.8, 4) is 5.75 Å². The molecule has 2 N–H and O–H groups in total. The van der Waals surface area contributed by atoms with Crippen molar-refractivity contribution in [3.05, 3.63) is 47.5 Å². The van der Waals surface area contributed by atoms with E-state index in [0.717, 1.165) is 30.1 Å². The van der Waals surface area contributed by atoms with Crippen LogP contribution in [0.5, 0.6) is 5.75 Å². The summed E-state index contributed by atoms with van der Waals surface area (Å²) in [7, 11) is 0. The number of nitrogens with zero attached hydrogens (tertiary/aromatic N) is 2. The molecule has 0 atom stereocenters. The topological polar surface area (TPSA) is 53.1 Å². The minimum absolute atomic E-state index is 0.639. The van der Waals surface area contributed by atoms with Gasteiger partial charge in [-0.2, -0.15) is 0 Å². The zero-order valence-electron chi connectivity index (χ0n) is 11.6. The maximum atomic E-state index is 5.94. The van der Waals surface area contributed by atoms with Crippen molar-refractivity contribution in [3.63, 3.8) is 0 Å². The Balaban J connectivity index is 2.01. The highest BCUT2D eigenvalue weighted by molar-refractivity contribution is 5.40. The lowest BCUT2D eigenvalue weighted by atomic mass is 10.1. The molecule has 4 heteroatoms. The van der Waals surface area contributed by atoms with Gasteiger partial charge < -0.3 is 15.0 Å². The van der Waals surface area contributed by atoms with Gasteiger partial charge in [-0.15, -0.1) is 0 Å². The van der Waals surface area contributed by atoms with Crippen LogP contribution in [0.2, 0.25) is 0 Å². The number of nitrogens with two attached hydrogens (primary N) is 1. The van der Waals surface area contributed by atoms with Crippen LogP contribution >= 0.6 is 0 Å². The second-order valence-corrected chi connectivity index (χ2v) is 4.62. The summed E-state index contributed by atoms with van der Waals surface area (Å²) in [6.07, 6.45) is 4.63. The number of hydrogen-bond donors (Lipinski definition) is 1. The molecular weight excluding hydrogens is 238 g/mol. The summed E-state index contributed by atoms with van der Waals surface area (Å²) in [5, 5.41) is 0. The molecule has 1 aromatic heterocycles. The van der Waals surface area contributed by atoms with Crippen LogP contribution in [0.3, 0.4) is 0 Å². The van der Waals surface area contributed by atoms with Crippen molar-refractivity contribution in [2.24, 2.45) is 5.73 Å². The first-order valence-electron chi connectivity index (χ1n) is 6.61. The largest absolute Gasteiger partial charge is 0.491 e. The normalized spacial score (nSPS) is 10.7. The predicted octanol–water partition coefficient (Wildman–Crippen LogP) is 2.08. The Labute approximate surface area is 114 Å². The van der Waals surface area contributed by atoms with Gasteiger partial charge in [-0.3, -0.25) is 0 Å². The predicted molar refractivity (Wildman–Crippen MR) is 76.4 cm³/mol. The fraction of sp³-hybridized carbons (Fsp3) is 0.400. The van der Waals surface area contributed by atoms with Crippen LogP contribution in [0, 0.1) is 13.8 Å². The summed E-state index contributed by atoms with van der Waals surface area (Å²) in [5.74, 6) is 1.99. The van der Waals surface area contributed by atoms with Crippen LogP contribution in [0.25, 0.3) is 0 Å². The maximum absolute atomic E-state index is 5.94. The molecule has 0 bridgehead atoms. The van der Waals surface area contributed by atoms with Crippen molar-refractivity contribution in [1.29, 1.82) is 0 Å². The van der Waals surface area contributed by atoms with Crippen LogP contribution in [0.1, 0.15) is 17.0 Å². The molecule has 0 saturated heterocycles. The summed E-state index contributed by atoms with van der Waals surface area (Å²) in [6.45, 7) is 6.15. The molecule has 0 saturated carbocycles. The third kappa shape index (κ3) is 3.35. The molecule has 0 radical (unpaired) electrons. The fourth-order valence-electron chi connectivity index (χ4n) is 2.16. The third-order valence-electron chi connectivity index (χ3n) is 3.21. The van der Waals surface area contributed by atoms with E-state index < -0.39 is 0 Å². The molecule has 102 valence electrons. The number of ether oxygens (including phenoxy) is 1. The van der Waals surface area contributed by atoms with Gasteiger partial charge in [0, 0.05) is 12.4 Å².